The van der Waals surface area contributed by atoms with E-state index in [0.29, 0.717) is 5.82 Å². The van der Waals surface area contributed by atoms with Gasteiger partial charge in [-0.05, 0) is 0 Å². The Balaban J connectivity index is 2.24. The molecule has 1 rings (SSSR count). The van der Waals surface area contributed by atoms with E-state index in [9.17, 15) is 8.78 Å². The predicted molar refractivity (Wildman–Crippen MR) is 38.7 cm³/mol. The third-order valence-corrected chi connectivity index (χ3v) is 1.23. The van der Waals surface area contributed by atoms with Crippen molar-refractivity contribution in [2.45, 2.75) is 13.0 Å². The fourth-order valence-electron chi connectivity index (χ4n) is 0.758. The highest BCUT2D eigenvalue weighted by molar-refractivity contribution is 4.79. The van der Waals surface area contributed by atoms with Gasteiger partial charge >= 0.3 is 0 Å². The van der Waals surface area contributed by atoms with Gasteiger partial charge in [0, 0.05) is 7.05 Å². The summed E-state index contributed by atoms with van der Waals surface area (Å²) in [5.74, 6) is 0.526. The molecule has 0 aliphatic heterocycles. The summed E-state index contributed by atoms with van der Waals surface area (Å²) in [5.41, 5.74) is 0. The van der Waals surface area contributed by atoms with Gasteiger partial charge in [0.1, 0.15) is 6.33 Å². The molecule has 0 aliphatic carbocycles. The zero-order chi connectivity index (χ0) is 8.97. The molecule has 1 aromatic heterocycles. The van der Waals surface area contributed by atoms with Gasteiger partial charge in [-0.3, -0.25) is 4.68 Å². The molecule has 1 aromatic rings. The Kier molecular flexibility index (Phi) is 3.09. The van der Waals surface area contributed by atoms with E-state index in [1.165, 1.54) is 11.0 Å². The van der Waals surface area contributed by atoms with Crippen LogP contribution >= 0.6 is 0 Å². The van der Waals surface area contributed by atoms with Gasteiger partial charge in [-0.15, -0.1) is 0 Å². The molecule has 0 saturated heterocycles. The zero-order valence-corrected chi connectivity index (χ0v) is 6.67. The van der Waals surface area contributed by atoms with Crippen molar-refractivity contribution >= 4 is 0 Å². The molecule has 0 spiro atoms. The molecule has 0 radical (unpaired) electrons. The predicted octanol–water partition coefficient (Wildman–Crippen LogP) is 0.170. The largest absolute Gasteiger partial charge is 0.304 e. The average Bonchev–Trinajstić information content (AvgIpc) is 2.35. The van der Waals surface area contributed by atoms with Crippen LogP contribution < -0.4 is 5.32 Å². The van der Waals surface area contributed by atoms with Crippen molar-refractivity contribution < 1.29 is 8.78 Å². The third kappa shape index (κ3) is 2.91. The molecular weight excluding hydrogens is 166 g/mol. The SMILES string of the molecule is Cn1cnc(CNCC(F)F)n1. The smallest absolute Gasteiger partial charge is 0.250 e. The van der Waals surface area contributed by atoms with Crippen LogP contribution in [0, 0.1) is 0 Å². The molecule has 6 heteroatoms. The van der Waals surface area contributed by atoms with Crippen molar-refractivity contribution in [1.29, 1.82) is 0 Å². The molecule has 0 amide bonds. The van der Waals surface area contributed by atoms with Crippen LogP contribution in [0.2, 0.25) is 0 Å². The minimum atomic E-state index is -2.33. The van der Waals surface area contributed by atoms with E-state index in [0.717, 1.165) is 0 Å². The number of hydrogen-bond donors (Lipinski definition) is 1. The summed E-state index contributed by atoms with van der Waals surface area (Å²) in [6, 6.07) is 0. The summed E-state index contributed by atoms with van der Waals surface area (Å²) in [7, 11) is 1.73. The van der Waals surface area contributed by atoms with Gasteiger partial charge in [0.15, 0.2) is 5.82 Å². The molecule has 68 valence electrons. The van der Waals surface area contributed by atoms with Crippen LogP contribution in [0.25, 0.3) is 0 Å². The van der Waals surface area contributed by atoms with Crippen molar-refractivity contribution in [2.24, 2.45) is 7.05 Å². The molecule has 0 unspecified atom stereocenters. The maximum absolute atomic E-state index is 11.6. The number of alkyl halides is 2. The van der Waals surface area contributed by atoms with Gasteiger partial charge in [0.05, 0.1) is 13.1 Å². The molecule has 1 N–H and O–H groups in total. The molecule has 0 bridgehead atoms. The van der Waals surface area contributed by atoms with Gasteiger partial charge in [-0.2, -0.15) is 5.10 Å². The molecule has 0 aromatic carbocycles. The quantitative estimate of drug-likeness (QED) is 0.711. The van der Waals surface area contributed by atoms with E-state index in [1.807, 2.05) is 0 Å². The van der Waals surface area contributed by atoms with Crippen LogP contribution in [0.15, 0.2) is 6.33 Å². The van der Waals surface area contributed by atoms with Crippen molar-refractivity contribution in [2.75, 3.05) is 6.54 Å². The molecule has 12 heavy (non-hydrogen) atoms. The van der Waals surface area contributed by atoms with Crippen LogP contribution in [-0.2, 0) is 13.6 Å². The highest BCUT2D eigenvalue weighted by Gasteiger charge is 2.02. The van der Waals surface area contributed by atoms with Crippen LogP contribution in [-0.4, -0.2) is 27.7 Å². The minimum absolute atomic E-state index is 0.283. The first-order chi connectivity index (χ1) is 5.68. The number of aromatic nitrogens is 3. The number of hydrogen-bond acceptors (Lipinski definition) is 3. The first-order valence-electron chi connectivity index (χ1n) is 3.52. The lowest BCUT2D eigenvalue weighted by Crippen LogP contribution is -2.21. The second-order valence-electron chi connectivity index (χ2n) is 2.36. The number of halogens is 2. The summed E-state index contributed by atoms with van der Waals surface area (Å²) < 4.78 is 24.8. The summed E-state index contributed by atoms with van der Waals surface area (Å²) in [4.78, 5) is 3.86. The molecule has 0 fully saturated rings. The van der Waals surface area contributed by atoms with Crippen molar-refractivity contribution in [1.82, 2.24) is 20.1 Å². The lowest BCUT2D eigenvalue weighted by molar-refractivity contribution is 0.145. The highest BCUT2D eigenvalue weighted by atomic mass is 19.3. The number of nitrogens with zero attached hydrogens (tertiary/aromatic N) is 3. The zero-order valence-electron chi connectivity index (χ0n) is 6.67. The summed E-state index contributed by atoms with van der Waals surface area (Å²) >= 11 is 0. The topological polar surface area (TPSA) is 42.7 Å². The second kappa shape index (κ2) is 4.10. The van der Waals surface area contributed by atoms with Gasteiger partial charge in [0.2, 0.25) is 0 Å². The Hall–Kier alpha value is -1.04. The molecule has 0 aliphatic rings. The molecule has 0 saturated carbocycles. The van der Waals surface area contributed by atoms with E-state index < -0.39 is 6.43 Å². The van der Waals surface area contributed by atoms with Crippen molar-refractivity contribution in [3.05, 3.63) is 12.2 Å². The van der Waals surface area contributed by atoms with Gasteiger partial charge < -0.3 is 5.32 Å². The Morgan fingerprint density at radius 3 is 2.92 bits per heavy atom. The Morgan fingerprint density at radius 1 is 1.67 bits per heavy atom. The van der Waals surface area contributed by atoms with E-state index in [2.05, 4.69) is 15.4 Å². The Bertz CT molecular complexity index is 235. The standard InChI is InChI=1S/C6H10F2N4/c1-12-4-10-6(11-12)3-9-2-5(7)8/h4-5,9H,2-3H2,1H3. The molecule has 0 atom stereocenters. The van der Waals surface area contributed by atoms with Crippen LogP contribution in [0.4, 0.5) is 8.78 Å². The fraction of sp³-hybridized carbons (Fsp3) is 0.667. The average molecular weight is 176 g/mol. The van der Waals surface area contributed by atoms with Gasteiger partial charge in [-0.25, -0.2) is 13.8 Å². The summed E-state index contributed by atoms with van der Waals surface area (Å²) in [6.45, 7) is -0.0383. The maximum Gasteiger partial charge on any atom is 0.250 e. The number of nitrogens with one attached hydrogen (secondary N) is 1. The van der Waals surface area contributed by atoms with Gasteiger partial charge in [-0.1, -0.05) is 0 Å². The van der Waals surface area contributed by atoms with E-state index >= 15 is 0 Å². The third-order valence-electron chi connectivity index (χ3n) is 1.23. The van der Waals surface area contributed by atoms with Crippen LogP contribution in [0.3, 0.4) is 0 Å². The normalized spacial score (nSPS) is 11.0. The van der Waals surface area contributed by atoms with Crippen LogP contribution in [0.5, 0.6) is 0 Å². The van der Waals surface area contributed by atoms with E-state index in [1.54, 1.807) is 7.05 Å². The molecule has 1 heterocycles. The monoisotopic (exact) mass is 176 g/mol. The number of rotatable bonds is 4. The van der Waals surface area contributed by atoms with Crippen molar-refractivity contribution in [3.8, 4) is 0 Å². The lowest BCUT2D eigenvalue weighted by atomic mass is 10.5. The second-order valence-corrected chi connectivity index (χ2v) is 2.36. The first kappa shape index (κ1) is 9.05. The van der Waals surface area contributed by atoms with Crippen molar-refractivity contribution in [3.63, 3.8) is 0 Å². The van der Waals surface area contributed by atoms with Gasteiger partial charge in [0.25, 0.3) is 6.43 Å². The fourth-order valence-corrected chi connectivity index (χ4v) is 0.758. The summed E-state index contributed by atoms with van der Waals surface area (Å²) in [6.07, 6.45) is -0.798. The molecular formula is C6H10F2N4. The number of aryl methyl sites for hydroxylation is 1. The summed E-state index contributed by atoms with van der Waals surface area (Å²) in [5, 5.41) is 6.43. The van der Waals surface area contributed by atoms with E-state index in [4.69, 9.17) is 0 Å². The minimum Gasteiger partial charge on any atom is -0.304 e. The Morgan fingerprint density at radius 2 is 2.42 bits per heavy atom. The molecule has 4 nitrogen and oxygen atoms in total. The first-order valence-corrected chi connectivity index (χ1v) is 3.52. The lowest BCUT2D eigenvalue weighted by Gasteiger charge is -1.98. The highest BCUT2D eigenvalue weighted by Crippen LogP contribution is 1.90. The maximum atomic E-state index is 11.6. The Labute approximate surface area is 68.6 Å². The van der Waals surface area contributed by atoms with E-state index in [-0.39, 0.29) is 13.1 Å². The van der Waals surface area contributed by atoms with Crippen LogP contribution in [0.1, 0.15) is 5.82 Å².